The number of amides is 1. The number of imidazole rings is 1. The predicted molar refractivity (Wildman–Crippen MR) is 75.9 cm³/mol. The molecule has 7 N–H and O–H groups in total. The van der Waals surface area contributed by atoms with Crippen molar-refractivity contribution >= 4 is 29.0 Å². The molecule has 118 valence electrons. The van der Waals surface area contributed by atoms with Gasteiger partial charge in [0.15, 0.2) is 11.2 Å². The van der Waals surface area contributed by atoms with E-state index in [0.29, 0.717) is 0 Å². The highest BCUT2D eigenvalue weighted by molar-refractivity contribution is 5.83. The largest absolute Gasteiger partial charge is 0.480 e. The second-order valence-electron chi connectivity index (χ2n) is 4.51. The number of nitrogen functional groups attached to an aromatic ring is 1. The van der Waals surface area contributed by atoms with Gasteiger partial charge in [0.05, 0.1) is 6.42 Å². The van der Waals surface area contributed by atoms with Crippen molar-refractivity contribution in [3.63, 3.8) is 0 Å². The molecule has 0 aromatic carbocycles. The fourth-order valence-corrected chi connectivity index (χ4v) is 1.92. The lowest BCUT2D eigenvalue weighted by atomic mass is 10.3. The average Bonchev–Trinajstić information content (AvgIpc) is 2.80. The number of nitrogens with two attached hydrogens (primary N) is 2. The Bertz CT molecular complexity index is 765. The summed E-state index contributed by atoms with van der Waals surface area (Å²) >= 11 is 0. The van der Waals surface area contributed by atoms with Crippen LogP contribution in [0.15, 0.2) is 4.79 Å². The van der Waals surface area contributed by atoms with Gasteiger partial charge in [0, 0.05) is 13.1 Å². The quantitative estimate of drug-likeness (QED) is 0.392. The summed E-state index contributed by atoms with van der Waals surface area (Å²) in [4.78, 5) is 48.4. The van der Waals surface area contributed by atoms with Crippen LogP contribution in [0, 0.1) is 0 Å². The van der Waals surface area contributed by atoms with Crippen molar-refractivity contribution in [3.8, 4) is 0 Å². The number of anilines is 1. The Hall–Kier alpha value is -2.95. The van der Waals surface area contributed by atoms with Gasteiger partial charge in [-0.25, -0.2) is 4.98 Å². The van der Waals surface area contributed by atoms with Gasteiger partial charge < -0.3 is 26.5 Å². The van der Waals surface area contributed by atoms with Gasteiger partial charge in [-0.05, 0) is 0 Å². The van der Waals surface area contributed by atoms with Gasteiger partial charge >= 0.3 is 5.97 Å². The van der Waals surface area contributed by atoms with E-state index in [4.69, 9.17) is 16.6 Å². The van der Waals surface area contributed by atoms with Gasteiger partial charge in [-0.2, -0.15) is 4.98 Å². The van der Waals surface area contributed by atoms with Gasteiger partial charge in [-0.15, -0.1) is 0 Å². The summed E-state index contributed by atoms with van der Waals surface area (Å²) in [5.41, 5.74) is 10.4. The number of carbonyl (C=O) groups excluding carboxylic acids is 1. The fourth-order valence-electron chi connectivity index (χ4n) is 1.92. The van der Waals surface area contributed by atoms with Crippen LogP contribution in [0.25, 0.3) is 11.2 Å². The van der Waals surface area contributed by atoms with Crippen molar-refractivity contribution in [1.29, 1.82) is 0 Å². The summed E-state index contributed by atoms with van der Waals surface area (Å²) in [6.07, 6.45) is -0.205. The minimum absolute atomic E-state index is 0.0856. The normalized spacial score (nSPS) is 10.8. The Balaban J connectivity index is 2.22. The highest BCUT2D eigenvalue weighted by Gasteiger charge is 2.19. The van der Waals surface area contributed by atoms with Crippen molar-refractivity contribution < 1.29 is 14.7 Å². The first-order valence-corrected chi connectivity index (χ1v) is 6.34. The number of H-pyrrole nitrogens is 2. The lowest BCUT2D eigenvalue weighted by Crippen LogP contribution is -2.40. The SMILES string of the molecule is NCCN(CC(=O)O)C(=O)Cc1nc2nc(N)[nH]c(=O)c2[nH]1. The van der Waals surface area contributed by atoms with Crippen molar-refractivity contribution in [3.05, 3.63) is 16.2 Å². The number of fused-ring (bicyclic) bond motifs is 1. The first kappa shape index (κ1) is 15.4. The number of nitrogens with zero attached hydrogens (tertiary/aromatic N) is 3. The molecule has 2 rings (SSSR count). The molecule has 0 fully saturated rings. The summed E-state index contributed by atoms with van der Waals surface area (Å²) in [7, 11) is 0. The van der Waals surface area contributed by atoms with E-state index in [-0.39, 0.29) is 42.4 Å². The maximum Gasteiger partial charge on any atom is 0.323 e. The number of aliphatic carboxylic acids is 1. The van der Waals surface area contributed by atoms with Crippen molar-refractivity contribution in [2.45, 2.75) is 6.42 Å². The third-order valence-corrected chi connectivity index (χ3v) is 2.83. The van der Waals surface area contributed by atoms with Crippen LogP contribution >= 0.6 is 0 Å². The number of rotatable bonds is 6. The molecule has 2 aromatic heterocycles. The van der Waals surface area contributed by atoms with Crippen LogP contribution in [0.5, 0.6) is 0 Å². The molecule has 0 atom stereocenters. The Kier molecular flexibility index (Phi) is 4.36. The van der Waals surface area contributed by atoms with E-state index in [9.17, 15) is 14.4 Å². The minimum Gasteiger partial charge on any atom is -0.480 e. The van der Waals surface area contributed by atoms with Gasteiger partial charge in [0.1, 0.15) is 12.4 Å². The van der Waals surface area contributed by atoms with Gasteiger partial charge in [-0.1, -0.05) is 0 Å². The molecular weight excluding hydrogens is 294 g/mol. The van der Waals surface area contributed by atoms with Gasteiger partial charge in [0.2, 0.25) is 11.9 Å². The van der Waals surface area contributed by atoms with Crippen molar-refractivity contribution in [2.24, 2.45) is 5.73 Å². The van der Waals surface area contributed by atoms with Crippen LogP contribution in [0.3, 0.4) is 0 Å². The van der Waals surface area contributed by atoms with E-state index in [1.165, 1.54) is 0 Å². The van der Waals surface area contributed by atoms with Crippen LogP contribution < -0.4 is 17.0 Å². The molecule has 2 aromatic rings. The number of carboxylic acids is 1. The summed E-state index contributed by atoms with van der Waals surface area (Å²) in [5, 5.41) is 8.78. The number of carboxylic acid groups (broad SMARTS) is 1. The van der Waals surface area contributed by atoms with E-state index in [2.05, 4.69) is 19.9 Å². The topological polar surface area (TPSA) is 184 Å². The number of hydrogen-bond acceptors (Lipinski definition) is 7. The highest BCUT2D eigenvalue weighted by atomic mass is 16.4. The molecule has 0 aliphatic carbocycles. The molecular formula is C11H15N7O4. The number of hydrogen-bond donors (Lipinski definition) is 5. The molecule has 0 saturated carbocycles. The van der Waals surface area contributed by atoms with E-state index in [0.717, 1.165) is 4.90 Å². The number of carbonyl (C=O) groups is 2. The number of nitrogens with one attached hydrogen (secondary N) is 2. The summed E-state index contributed by atoms with van der Waals surface area (Å²) in [6.45, 7) is -0.212. The predicted octanol–water partition coefficient (Wildman–Crippen LogP) is -2.36. The Morgan fingerprint density at radius 2 is 2.00 bits per heavy atom. The maximum atomic E-state index is 12.1. The number of aromatic nitrogens is 4. The van der Waals surface area contributed by atoms with Crippen LogP contribution in [0.2, 0.25) is 0 Å². The third kappa shape index (κ3) is 3.38. The molecule has 2 heterocycles. The Labute approximate surface area is 123 Å². The van der Waals surface area contributed by atoms with Gasteiger partial charge in [-0.3, -0.25) is 19.4 Å². The summed E-state index contributed by atoms with van der Waals surface area (Å²) < 4.78 is 0. The van der Waals surface area contributed by atoms with Crippen LogP contribution in [0.4, 0.5) is 5.95 Å². The summed E-state index contributed by atoms with van der Waals surface area (Å²) in [5.74, 6) is -1.51. The van der Waals surface area contributed by atoms with E-state index in [1.54, 1.807) is 0 Å². The molecule has 0 radical (unpaired) electrons. The lowest BCUT2D eigenvalue weighted by molar-refractivity contribution is -0.144. The van der Waals surface area contributed by atoms with Crippen molar-refractivity contribution in [1.82, 2.24) is 24.8 Å². The van der Waals surface area contributed by atoms with E-state index < -0.39 is 24.0 Å². The monoisotopic (exact) mass is 309 g/mol. The smallest absolute Gasteiger partial charge is 0.323 e. The Morgan fingerprint density at radius 3 is 2.64 bits per heavy atom. The molecule has 11 nitrogen and oxygen atoms in total. The van der Waals surface area contributed by atoms with Crippen LogP contribution in [-0.4, -0.2) is 61.5 Å². The lowest BCUT2D eigenvalue weighted by Gasteiger charge is -2.19. The molecule has 0 aliphatic heterocycles. The average molecular weight is 309 g/mol. The van der Waals surface area contributed by atoms with Crippen molar-refractivity contribution in [2.75, 3.05) is 25.4 Å². The van der Waals surface area contributed by atoms with E-state index >= 15 is 0 Å². The first-order chi connectivity index (χ1) is 10.4. The van der Waals surface area contributed by atoms with Crippen LogP contribution in [0.1, 0.15) is 5.82 Å². The molecule has 1 amide bonds. The van der Waals surface area contributed by atoms with Crippen LogP contribution in [-0.2, 0) is 16.0 Å². The minimum atomic E-state index is -1.14. The standard InChI is InChI=1S/C11H15N7O4/c12-1-2-18(4-7(20)21)6(19)3-5-14-8-9(15-5)16-11(13)17-10(8)22/h1-4,12H2,(H,20,21)(H4,13,14,15,16,17,22). The number of aromatic amines is 2. The maximum absolute atomic E-state index is 12.1. The molecule has 0 saturated heterocycles. The molecule has 0 spiro atoms. The fraction of sp³-hybridized carbons (Fsp3) is 0.364. The Morgan fingerprint density at radius 1 is 1.27 bits per heavy atom. The third-order valence-electron chi connectivity index (χ3n) is 2.83. The second kappa shape index (κ2) is 6.22. The molecule has 0 bridgehead atoms. The zero-order chi connectivity index (χ0) is 16.3. The van der Waals surface area contributed by atoms with E-state index in [1.807, 2.05) is 0 Å². The highest BCUT2D eigenvalue weighted by Crippen LogP contribution is 2.06. The summed E-state index contributed by atoms with van der Waals surface area (Å²) in [6, 6.07) is 0. The second-order valence-corrected chi connectivity index (χ2v) is 4.51. The van der Waals surface area contributed by atoms with Gasteiger partial charge in [0.25, 0.3) is 5.56 Å². The first-order valence-electron chi connectivity index (χ1n) is 6.34. The molecule has 11 heteroatoms. The molecule has 22 heavy (non-hydrogen) atoms. The molecule has 0 unspecified atom stereocenters. The molecule has 0 aliphatic rings. The zero-order valence-corrected chi connectivity index (χ0v) is 11.5. The zero-order valence-electron chi connectivity index (χ0n) is 11.5.